The molecular weight excluding hydrogens is 279 g/mol. The van der Waals surface area contributed by atoms with E-state index in [9.17, 15) is 9.18 Å². The number of carbonyl (C=O) groups is 1. The Morgan fingerprint density at radius 1 is 1.20 bits per heavy atom. The molecule has 5 heteroatoms. The molecular formula is C15H14ClFN2O. The van der Waals surface area contributed by atoms with E-state index in [0.717, 1.165) is 0 Å². The van der Waals surface area contributed by atoms with Crippen LogP contribution >= 0.6 is 11.6 Å². The predicted molar refractivity (Wildman–Crippen MR) is 78.0 cm³/mol. The van der Waals surface area contributed by atoms with E-state index in [1.54, 1.807) is 31.2 Å². The van der Waals surface area contributed by atoms with E-state index >= 15 is 0 Å². The Morgan fingerprint density at radius 3 is 2.35 bits per heavy atom. The summed E-state index contributed by atoms with van der Waals surface area (Å²) < 4.78 is 13.0. The van der Waals surface area contributed by atoms with Crippen molar-refractivity contribution in [2.24, 2.45) is 5.73 Å². The zero-order valence-corrected chi connectivity index (χ0v) is 11.6. The summed E-state index contributed by atoms with van der Waals surface area (Å²) in [5.41, 5.74) is 5.46. The molecule has 0 aromatic heterocycles. The van der Waals surface area contributed by atoms with Crippen molar-refractivity contribution < 1.29 is 9.18 Å². The standard InChI is InChI=1S/C15H14ClFN2O/c1-15(14(18)20,10-6-8-11(17)9-7-10)19-13-5-3-2-4-12(13)16/h2-9,19H,1H3,(H2,18,20). The van der Waals surface area contributed by atoms with Crippen LogP contribution in [0.15, 0.2) is 48.5 Å². The summed E-state index contributed by atoms with van der Waals surface area (Å²) in [4.78, 5) is 11.8. The number of nitrogens with two attached hydrogens (primary N) is 1. The first-order valence-electron chi connectivity index (χ1n) is 6.02. The Kier molecular flexibility index (Phi) is 3.95. The minimum atomic E-state index is -1.18. The number of primary amides is 1. The maximum Gasteiger partial charge on any atom is 0.247 e. The van der Waals surface area contributed by atoms with Crippen LogP contribution in [0.3, 0.4) is 0 Å². The van der Waals surface area contributed by atoms with E-state index in [4.69, 9.17) is 17.3 Å². The van der Waals surface area contributed by atoms with Crippen molar-refractivity contribution in [1.29, 1.82) is 0 Å². The van der Waals surface area contributed by atoms with Crippen molar-refractivity contribution in [1.82, 2.24) is 0 Å². The van der Waals surface area contributed by atoms with Gasteiger partial charge < -0.3 is 11.1 Å². The molecule has 3 nitrogen and oxygen atoms in total. The zero-order valence-electron chi connectivity index (χ0n) is 10.9. The molecule has 1 amide bonds. The summed E-state index contributed by atoms with van der Waals surface area (Å²) in [6, 6.07) is 12.6. The number of rotatable bonds is 4. The number of hydrogen-bond acceptors (Lipinski definition) is 2. The molecule has 0 saturated heterocycles. The first-order valence-corrected chi connectivity index (χ1v) is 6.40. The molecule has 1 unspecified atom stereocenters. The van der Waals surface area contributed by atoms with Gasteiger partial charge in [0.25, 0.3) is 0 Å². The van der Waals surface area contributed by atoms with Gasteiger partial charge in [-0.25, -0.2) is 4.39 Å². The highest BCUT2D eigenvalue weighted by molar-refractivity contribution is 6.33. The largest absolute Gasteiger partial charge is 0.367 e. The third-order valence-electron chi connectivity index (χ3n) is 3.17. The van der Waals surface area contributed by atoms with E-state index in [1.165, 1.54) is 24.3 Å². The second-order valence-corrected chi connectivity index (χ2v) is 5.01. The lowest BCUT2D eigenvalue weighted by molar-refractivity contribution is -0.122. The number of halogens is 2. The fourth-order valence-corrected chi connectivity index (χ4v) is 2.07. The molecule has 0 bridgehead atoms. The zero-order chi connectivity index (χ0) is 14.8. The van der Waals surface area contributed by atoms with Crippen LogP contribution in [0.2, 0.25) is 5.02 Å². The normalized spacial score (nSPS) is 13.6. The lowest BCUT2D eigenvalue weighted by atomic mass is 9.90. The molecule has 0 radical (unpaired) electrons. The van der Waals surface area contributed by atoms with Gasteiger partial charge in [-0.05, 0) is 36.8 Å². The second-order valence-electron chi connectivity index (χ2n) is 4.60. The Balaban J connectivity index is 2.43. The smallest absolute Gasteiger partial charge is 0.247 e. The van der Waals surface area contributed by atoms with Gasteiger partial charge in [0.2, 0.25) is 5.91 Å². The monoisotopic (exact) mass is 292 g/mol. The summed E-state index contributed by atoms with van der Waals surface area (Å²) in [7, 11) is 0. The Morgan fingerprint density at radius 2 is 1.80 bits per heavy atom. The molecule has 1 atom stereocenters. The van der Waals surface area contributed by atoms with E-state index in [2.05, 4.69) is 5.32 Å². The lowest BCUT2D eigenvalue weighted by Crippen LogP contribution is -2.45. The third kappa shape index (κ3) is 2.75. The van der Waals surface area contributed by atoms with Gasteiger partial charge in [0, 0.05) is 0 Å². The highest BCUT2D eigenvalue weighted by atomic mass is 35.5. The van der Waals surface area contributed by atoms with Gasteiger partial charge in [-0.3, -0.25) is 4.79 Å². The summed E-state index contributed by atoms with van der Waals surface area (Å²) in [5.74, 6) is -0.956. The first kappa shape index (κ1) is 14.3. The number of carbonyl (C=O) groups excluding carboxylic acids is 1. The first-order chi connectivity index (χ1) is 9.43. The Hall–Kier alpha value is -2.07. The fraction of sp³-hybridized carbons (Fsp3) is 0.133. The molecule has 0 spiro atoms. The van der Waals surface area contributed by atoms with Crippen molar-refractivity contribution in [3.8, 4) is 0 Å². The Bertz CT molecular complexity index is 630. The molecule has 2 aromatic rings. The molecule has 3 N–H and O–H groups in total. The topological polar surface area (TPSA) is 55.1 Å². The third-order valence-corrected chi connectivity index (χ3v) is 3.50. The van der Waals surface area contributed by atoms with Gasteiger partial charge in [0.05, 0.1) is 10.7 Å². The average molecular weight is 293 g/mol. The molecule has 0 heterocycles. The van der Waals surface area contributed by atoms with E-state index < -0.39 is 11.4 Å². The van der Waals surface area contributed by atoms with Crippen LogP contribution in [0.25, 0.3) is 0 Å². The molecule has 0 aliphatic carbocycles. The summed E-state index contributed by atoms with van der Waals surface area (Å²) in [5, 5.41) is 3.50. The summed E-state index contributed by atoms with van der Waals surface area (Å²) in [6.07, 6.45) is 0. The minimum Gasteiger partial charge on any atom is -0.367 e. The van der Waals surface area contributed by atoms with Gasteiger partial charge in [0.1, 0.15) is 11.4 Å². The molecule has 20 heavy (non-hydrogen) atoms. The second kappa shape index (κ2) is 5.51. The van der Waals surface area contributed by atoms with E-state index in [1.807, 2.05) is 0 Å². The van der Waals surface area contributed by atoms with Gasteiger partial charge in [-0.15, -0.1) is 0 Å². The minimum absolute atomic E-state index is 0.377. The molecule has 0 aliphatic rings. The average Bonchev–Trinajstić information content (AvgIpc) is 2.42. The summed E-state index contributed by atoms with van der Waals surface area (Å²) >= 11 is 6.07. The number of benzene rings is 2. The van der Waals surface area contributed by atoms with Crippen molar-refractivity contribution in [2.45, 2.75) is 12.5 Å². The maximum atomic E-state index is 13.0. The lowest BCUT2D eigenvalue weighted by Gasteiger charge is -2.29. The molecule has 104 valence electrons. The molecule has 2 aromatic carbocycles. The predicted octanol–water partition coefficient (Wildman–Crippen LogP) is 3.29. The molecule has 2 rings (SSSR count). The van der Waals surface area contributed by atoms with Crippen LogP contribution < -0.4 is 11.1 Å². The van der Waals surface area contributed by atoms with Crippen LogP contribution in [0.4, 0.5) is 10.1 Å². The quantitative estimate of drug-likeness (QED) is 0.908. The van der Waals surface area contributed by atoms with Crippen molar-refractivity contribution in [3.63, 3.8) is 0 Å². The van der Waals surface area contributed by atoms with E-state index in [-0.39, 0.29) is 5.82 Å². The fourth-order valence-electron chi connectivity index (χ4n) is 1.89. The number of anilines is 1. The maximum absolute atomic E-state index is 13.0. The number of para-hydroxylation sites is 1. The van der Waals surface area contributed by atoms with E-state index in [0.29, 0.717) is 16.3 Å². The van der Waals surface area contributed by atoms with Crippen molar-refractivity contribution in [2.75, 3.05) is 5.32 Å². The van der Waals surface area contributed by atoms with Crippen LogP contribution in [0.1, 0.15) is 12.5 Å². The SMILES string of the molecule is CC(Nc1ccccc1Cl)(C(N)=O)c1ccc(F)cc1. The van der Waals surface area contributed by atoms with Gasteiger partial charge in [-0.1, -0.05) is 35.9 Å². The van der Waals surface area contributed by atoms with Gasteiger partial charge in [-0.2, -0.15) is 0 Å². The number of nitrogens with one attached hydrogen (secondary N) is 1. The summed E-state index contributed by atoms with van der Waals surface area (Å²) in [6.45, 7) is 1.63. The van der Waals surface area contributed by atoms with Crippen molar-refractivity contribution in [3.05, 3.63) is 64.9 Å². The molecule has 0 aliphatic heterocycles. The van der Waals surface area contributed by atoms with Gasteiger partial charge >= 0.3 is 0 Å². The Labute approximate surface area is 121 Å². The van der Waals surface area contributed by atoms with Crippen LogP contribution in [-0.4, -0.2) is 5.91 Å². The van der Waals surface area contributed by atoms with Gasteiger partial charge in [0.15, 0.2) is 0 Å². The molecule has 0 fully saturated rings. The highest BCUT2D eigenvalue weighted by Crippen LogP contribution is 2.30. The number of hydrogen-bond donors (Lipinski definition) is 2. The van der Waals surface area contributed by atoms with Crippen molar-refractivity contribution >= 4 is 23.2 Å². The number of amides is 1. The van der Waals surface area contributed by atoms with Crippen LogP contribution in [-0.2, 0) is 10.3 Å². The highest BCUT2D eigenvalue weighted by Gasteiger charge is 2.33. The van der Waals surface area contributed by atoms with Crippen LogP contribution in [0.5, 0.6) is 0 Å². The molecule has 0 saturated carbocycles. The van der Waals surface area contributed by atoms with Crippen LogP contribution in [0, 0.1) is 5.82 Å².